The van der Waals surface area contributed by atoms with Crippen LogP contribution in [0, 0.1) is 18.3 Å². The van der Waals surface area contributed by atoms with Gasteiger partial charge in [-0.3, -0.25) is 10.1 Å². The fourth-order valence-electron chi connectivity index (χ4n) is 0.733. The Balaban J connectivity index is 3.71. The highest BCUT2D eigenvalue weighted by Crippen LogP contribution is 1.97. The van der Waals surface area contributed by atoms with Crippen molar-refractivity contribution in [2.75, 3.05) is 13.1 Å². The molecule has 80 valence electrons. The maximum Gasteiger partial charge on any atom is 0.234 e. The third-order valence-corrected chi connectivity index (χ3v) is 1.76. The van der Waals surface area contributed by atoms with Crippen LogP contribution in [0.5, 0.6) is 0 Å². The lowest BCUT2D eigenvalue weighted by Crippen LogP contribution is -2.44. The van der Waals surface area contributed by atoms with Gasteiger partial charge in [0.2, 0.25) is 5.91 Å². The number of terminal acetylenes is 1. The van der Waals surface area contributed by atoms with Crippen LogP contribution in [-0.4, -0.2) is 24.5 Å². The molecule has 0 radical (unpaired) electrons. The van der Waals surface area contributed by atoms with Crippen LogP contribution < -0.4 is 10.6 Å². The molecule has 1 amide bonds. The zero-order valence-electron chi connectivity index (χ0n) is 9.48. The number of carbonyl (C=O) groups is 1. The topological polar surface area (TPSA) is 41.1 Å². The van der Waals surface area contributed by atoms with Crippen LogP contribution in [0.25, 0.3) is 0 Å². The summed E-state index contributed by atoms with van der Waals surface area (Å²) in [5, 5.41) is 5.79. The standard InChI is InChI=1S/C11H20N2O/c1-6-11(4,5)13-8-10(14)12-7-9(2)3/h1,9,13H,7-8H2,2-5H3,(H,12,14). The molecule has 3 heteroatoms. The normalized spacial score (nSPS) is 11.1. The van der Waals surface area contributed by atoms with Crippen molar-refractivity contribution in [3.8, 4) is 12.3 Å². The van der Waals surface area contributed by atoms with E-state index in [1.165, 1.54) is 0 Å². The maximum absolute atomic E-state index is 11.3. The third kappa shape index (κ3) is 6.50. The second-order valence-corrected chi connectivity index (χ2v) is 4.32. The molecule has 0 aromatic carbocycles. The molecule has 0 aliphatic heterocycles. The van der Waals surface area contributed by atoms with Crippen LogP contribution >= 0.6 is 0 Å². The summed E-state index contributed by atoms with van der Waals surface area (Å²) in [4.78, 5) is 11.3. The highest BCUT2D eigenvalue weighted by molar-refractivity contribution is 5.78. The molecule has 0 rings (SSSR count). The lowest BCUT2D eigenvalue weighted by molar-refractivity contribution is -0.120. The molecule has 0 atom stereocenters. The van der Waals surface area contributed by atoms with Crippen LogP contribution in [0.4, 0.5) is 0 Å². The molecule has 0 aliphatic rings. The first-order valence-corrected chi connectivity index (χ1v) is 4.87. The predicted octanol–water partition coefficient (Wildman–Crippen LogP) is 0.760. The fourth-order valence-corrected chi connectivity index (χ4v) is 0.733. The first-order chi connectivity index (χ1) is 6.37. The van der Waals surface area contributed by atoms with E-state index in [4.69, 9.17) is 6.42 Å². The molecule has 0 saturated heterocycles. The Bertz CT molecular complexity index is 226. The highest BCUT2D eigenvalue weighted by atomic mass is 16.1. The number of hydrogen-bond donors (Lipinski definition) is 2. The van der Waals surface area contributed by atoms with E-state index in [1.807, 2.05) is 13.8 Å². The minimum absolute atomic E-state index is 0.0120. The Kier molecular flexibility index (Phi) is 5.26. The summed E-state index contributed by atoms with van der Waals surface area (Å²) in [6.07, 6.45) is 5.27. The molecule has 3 nitrogen and oxygen atoms in total. The van der Waals surface area contributed by atoms with Crippen molar-refractivity contribution in [2.24, 2.45) is 5.92 Å². The zero-order chi connectivity index (χ0) is 11.2. The van der Waals surface area contributed by atoms with Crippen LogP contribution in [0.15, 0.2) is 0 Å². The van der Waals surface area contributed by atoms with Crippen LogP contribution in [0.3, 0.4) is 0 Å². The SMILES string of the molecule is C#CC(C)(C)NCC(=O)NCC(C)C. The number of nitrogens with one attached hydrogen (secondary N) is 2. The molecule has 14 heavy (non-hydrogen) atoms. The minimum atomic E-state index is -0.421. The van der Waals surface area contributed by atoms with Crippen LogP contribution in [0.1, 0.15) is 27.7 Å². The second-order valence-electron chi connectivity index (χ2n) is 4.32. The van der Waals surface area contributed by atoms with E-state index in [9.17, 15) is 4.79 Å². The monoisotopic (exact) mass is 196 g/mol. The lowest BCUT2D eigenvalue weighted by Gasteiger charge is -2.19. The van der Waals surface area contributed by atoms with Gasteiger partial charge in [0.05, 0.1) is 12.1 Å². The number of rotatable bonds is 5. The Hall–Kier alpha value is -1.01. The van der Waals surface area contributed by atoms with E-state index in [2.05, 4.69) is 30.4 Å². The van der Waals surface area contributed by atoms with Crippen molar-refractivity contribution >= 4 is 5.91 Å². The summed E-state index contributed by atoms with van der Waals surface area (Å²) in [5.74, 6) is 3.03. The second kappa shape index (κ2) is 5.66. The minimum Gasteiger partial charge on any atom is -0.355 e. The van der Waals surface area contributed by atoms with E-state index in [0.717, 1.165) is 0 Å². The van der Waals surface area contributed by atoms with Crippen molar-refractivity contribution in [1.29, 1.82) is 0 Å². The molecule has 0 unspecified atom stereocenters. The van der Waals surface area contributed by atoms with Gasteiger partial charge < -0.3 is 5.32 Å². The average Bonchev–Trinajstić information content (AvgIpc) is 2.11. The van der Waals surface area contributed by atoms with Gasteiger partial charge >= 0.3 is 0 Å². The molecule has 0 aromatic rings. The van der Waals surface area contributed by atoms with E-state index in [1.54, 1.807) is 0 Å². The number of carbonyl (C=O) groups excluding carboxylic acids is 1. The molecule has 0 spiro atoms. The summed E-state index contributed by atoms with van der Waals surface area (Å²) in [6, 6.07) is 0. The Labute approximate surface area is 86.6 Å². The Morgan fingerprint density at radius 2 is 2.07 bits per heavy atom. The van der Waals surface area contributed by atoms with Crippen LogP contribution in [0.2, 0.25) is 0 Å². The van der Waals surface area contributed by atoms with Crippen molar-refractivity contribution in [2.45, 2.75) is 33.2 Å². The quantitative estimate of drug-likeness (QED) is 0.637. The largest absolute Gasteiger partial charge is 0.355 e. The van der Waals surface area contributed by atoms with Crippen LogP contribution in [-0.2, 0) is 4.79 Å². The highest BCUT2D eigenvalue weighted by Gasteiger charge is 2.14. The third-order valence-electron chi connectivity index (χ3n) is 1.76. The zero-order valence-corrected chi connectivity index (χ0v) is 9.48. The molecule has 0 bridgehead atoms. The van der Waals surface area contributed by atoms with Gasteiger partial charge in [-0.2, -0.15) is 0 Å². The Morgan fingerprint density at radius 1 is 1.50 bits per heavy atom. The molecule has 2 N–H and O–H groups in total. The van der Waals surface area contributed by atoms with Gasteiger partial charge in [-0.05, 0) is 19.8 Å². The molecule has 0 aliphatic carbocycles. The van der Waals surface area contributed by atoms with E-state index in [-0.39, 0.29) is 12.5 Å². The summed E-state index contributed by atoms with van der Waals surface area (Å²) in [6.45, 7) is 8.81. The molecule has 0 heterocycles. The van der Waals surface area contributed by atoms with E-state index in [0.29, 0.717) is 12.5 Å². The first-order valence-electron chi connectivity index (χ1n) is 4.87. The summed E-state index contributed by atoms with van der Waals surface area (Å²) < 4.78 is 0. The molecule has 0 aromatic heterocycles. The fraction of sp³-hybridized carbons (Fsp3) is 0.727. The molecule has 0 fully saturated rings. The Morgan fingerprint density at radius 3 is 2.50 bits per heavy atom. The summed E-state index contributed by atoms with van der Waals surface area (Å²) >= 11 is 0. The summed E-state index contributed by atoms with van der Waals surface area (Å²) in [5.41, 5.74) is -0.421. The van der Waals surface area contributed by atoms with Gasteiger partial charge in [-0.15, -0.1) is 6.42 Å². The lowest BCUT2D eigenvalue weighted by atomic mass is 10.1. The predicted molar refractivity (Wildman–Crippen MR) is 58.8 cm³/mol. The number of hydrogen-bond acceptors (Lipinski definition) is 2. The molecular formula is C11H20N2O. The van der Waals surface area contributed by atoms with E-state index < -0.39 is 5.54 Å². The van der Waals surface area contributed by atoms with Crippen molar-refractivity contribution in [1.82, 2.24) is 10.6 Å². The van der Waals surface area contributed by atoms with Crippen molar-refractivity contribution in [3.05, 3.63) is 0 Å². The van der Waals surface area contributed by atoms with Crippen molar-refractivity contribution < 1.29 is 4.79 Å². The van der Waals surface area contributed by atoms with Gasteiger partial charge in [-0.25, -0.2) is 0 Å². The van der Waals surface area contributed by atoms with Gasteiger partial charge in [0, 0.05) is 6.54 Å². The summed E-state index contributed by atoms with van der Waals surface area (Å²) in [7, 11) is 0. The van der Waals surface area contributed by atoms with Gasteiger partial charge in [-0.1, -0.05) is 19.8 Å². The van der Waals surface area contributed by atoms with Crippen molar-refractivity contribution in [3.63, 3.8) is 0 Å². The van der Waals surface area contributed by atoms with Gasteiger partial charge in [0.1, 0.15) is 0 Å². The maximum atomic E-state index is 11.3. The van der Waals surface area contributed by atoms with Gasteiger partial charge in [0.15, 0.2) is 0 Å². The smallest absolute Gasteiger partial charge is 0.234 e. The molecular weight excluding hydrogens is 176 g/mol. The van der Waals surface area contributed by atoms with Gasteiger partial charge in [0.25, 0.3) is 0 Å². The average molecular weight is 196 g/mol. The molecule has 0 saturated carbocycles. The number of amides is 1. The first kappa shape index (κ1) is 13.0. The van der Waals surface area contributed by atoms with E-state index >= 15 is 0 Å².